The van der Waals surface area contributed by atoms with Crippen LogP contribution < -0.4 is 0 Å². The highest BCUT2D eigenvalue weighted by atomic mass is 16.3. The molecule has 13 heavy (non-hydrogen) atoms. The van der Waals surface area contributed by atoms with E-state index in [1.54, 1.807) is 0 Å². The summed E-state index contributed by atoms with van der Waals surface area (Å²) in [6, 6.07) is 0.630. The maximum absolute atomic E-state index is 9.35. The van der Waals surface area contributed by atoms with E-state index in [0.29, 0.717) is 6.04 Å². The SMILES string of the molecule is CC(O)CN1CC(C)CC(C)C1C. The molecule has 1 aliphatic heterocycles. The molecular formula is C11H23NO. The fraction of sp³-hybridized carbons (Fsp3) is 1.00. The Hall–Kier alpha value is -0.0800. The lowest BCUT2D eigenvalue weighted by Gasteiger charge is -2.41. The molecule has 1 heterocycles. The van der Waals surface area contributed by atoms with Crippen molar-refractivity contribution in [3.63, 3.8) is 0 Å². The van der Waals surface area contributed by atoms with Gasteiger partial charge in [-0.25, -0.2) is 0 Å². The van der Waals surface area contributed by atoms with Gasteiger partial charge in [-0.15, -0.1) is 0 Å². The minimum absolute atomic E-state index is 0.194. The number of piperidine rings is 1. The Morgan fingerprint density at radius 2 is 2.00 bits per heavy atom. The zero-order chi connectivity index (χ0) is 10.0. The highest BCUT2D eigenvalue weighted by Gasteiger charge is 2.28. The summed E-state index contributed by atoms with van der Waals surface area (Å²) in [5, 5.41) is 9.35. The van der Waals surface area contributed by atoms with Gasteiger partial charge in [-0.05, 0) is 32.1 Å². The van der Waals surface area contributed by atoms with E-state index in [1.807, 2.05) is 6.92 Å². The van der Waals surface area contributed by atoms with Crippen LogP contribution in [0.4, 0.5) is 0 Å². The molecule has 4 unspecified atom stereocenters. The molecule has 1 saturated heterocycles. The maximum atomic E-state index is 9.35. The van der Waals surface area contributed by atoms with Crippen LogP contribution in [-0.2, 0) is 0 Å². The fourth-order valence-electron chi connectivity index (χ4n) is 2.41. The number of aliphatic hydroxyl groups excluding tert-OH is 1. The van der Waals surface area contributed by atoms with Crippen LogP contribution in [-0.4, -0.2) is 35.2 Å². The molecule has 2 nitrogen and oxygen atoms in total. The van der Waals surface area contributed by atoms with Crippen LogP contribution >= 0.6 is 0 Å². The predicted octanol–water partition coefficient (Wildman–Crippen LogP) is 1.73. The molecular weight excluding hydrogens is 162 g/mol. The minimum atomic E-state index is -0.194. The summed E-state index contributed by atoms with van der Waals surface area (Å²) < 4.78 is 0. The first-order chi connectivity index (χ1) is 6.00. The first-order valence-electron chi connectivity index (χ1n) is 5.42. The average molecular weight is 185 g/mol. The molecule has 4 atom stereocenters. The molecule has 0 aromatic rings. The normalized spacial score (nSPS) is 39.0. The van der Waals surface area contributed by atoms with E-state index in [2.05, 4.69) is 25.7 Å². The van der Waals surface area contributed by atoms with Crippen molar-refractivity contribution in [3.8, 4) is 0 Å². The smallest absolute Gasteiger partial charge is 0.0639 e. The molecule has 0 bridgehead atoms. The third-order valence-corrected chi connectivity index (χ3v) is 3.22. The molecule has 2 heteroatoms. The number of likely N-dealkylation sites (tertiary alicyclic amines) is 1. The number of hydrogen-bond acceptors (Lipinski definition) is 2. The van der Waals surface area contributed by atoms with Gasteiger partial charge in [-0.1, -0.05) is 13.8 Å². The number of hydrogen-bond donors (Lipinski definition) is 1. The van der Waals surface area contributed by atoms with Gasteiger partial charge in [-0.3, -0.25) is 4.90 Å². The highest BCUT2D eigenvalue weighted by molar-refractivity contribution is 4.82. The minimum Gasteiger partial charge on any atom is -0.392 e. The van der Waals surface area contributed by atoms with Crippen LogP contribution in [0.5, 0.6) is 0 Å². The number of aliphatic hydroxyl groups is 1. The standard InChI is InChI=1S/C11H23NO/c1-8-5-9(2)11(4)12(6-8)7-10(3)13/h8-11,13H,5-7H2,1-4H3. The van der Waals surface area contributed by atoms with E-state index >= 15 is 0 Å². The third-order valence-electron chi connectivity index (χ3n) is 3.22. The molecule has 1 N–H and O–H groups in total. The monoisotopic (exact) mass is 185 g/mol. The summed E-state index contributed by atoms with van der Waals surface area (Å²) in [6.07, 6.45) is 1.14. The van der Waals surface area contributed by atoms with E-state index in [-0.39, 0.29) is 6.10 Å². The molecule has 78 valence electrons. The van der Waals surface area contributed by atoms with Crippen molar-refractivity contribution in [2.45, 2.75) is 46.3 Å². The van der Waals surface area contributed by atoms with E-state index < -0.39 is 0 Å². The Labute approximate surface area is 81.9 Å². The molecule has 0 spiro atoms. The zero-order valence-corrected chi connectivity index (χ0v) is 9.33. The van der Waals surface area contributed by atoms with Crippen molar-refractivity contribution in [1.82, 2.24) is 4.90 Å². The maximum Gasteiger partial charge on any atom is 0.0639 e. The lowest BCUT2D eigenvalue weighted by molar-refractivity contribution is 0.0381. The van der Waals surface area contributed by atoms with Crippen molar-refractivity contribution < 1.29 is 5.11 Å². The van der Waals surface area contributed by atoms with E-state index in [9.17, 15) is 5.11 Å². The second-order valence-corrected chi connectivity index (χ2v) is 4.86. The predicted molar refractivity (Wildman–Crippen MR) is 55.7 cm³/mol. The van der Waals surface area contributed by atoms with Gasteiger partial charge in [0.25, 0.3) is 0 Å². The number of rotatable bonds is 2. The third kappa shape index (κ3) is 2.96. The van der Waals surface area contributed by atoms with Crippen LogP contribution in [0.3, 0.4) is 0 Å². The van der Waals surface area contributed by atoms with Crippen LogP contribution in [0.25, 0.3) is 0 Å². The van der Waals surface area contributed by atoms with Gasteiger partial charge in [0.05, 0.1) is 6.10 Å². The summed E-state index contributed by atoms with van der Waals surface area (Å²) in [5.41, 5.74) is 0. The van der Waals surface area contributed by atoms with Crippen molar-refractivity contribution in [2.24, 2.45) is 11.8 Å². The molecule has 1 fully saturated rings. The van der Waals surface area contributed by atoms with Gasteiger partial charge in [0.2, 0.25) is 0 Å². The quantitative estimate of drug-likeness (QED) is 0.708. The largest absolute Gasteiger partial charge is 0.392 e. The highest BCUT2D eigenvalue weighted by Crippen LogP contribution is 2.26. The summed E-state index contributed by atoms with van der Waals surface area (Å²) in [5.74, 6) is 1.55. The van der Waals surface area contributed by atoms with Gasteiger partial charge < -0.3 is 5.11 Å². The summed E-state index contributed by atoms with van der Waals surface area (Å²) in [6.45, 7) is 10.7. The molecule has 0 amide bonds. The Morgan fingerprint density at radius 3 is 2.54 bits per heavy atom. The first-order valence-corrected chi connectivity index (χ1v) is 5.42. The Kier molecular flexibility index (Phi) is 3.74. The number of nitrogens with zero attached hydrogens (tertiary/aromatic N) is 1. The van der Waals surface area contributed by atoms with Crippen molar-refractivity contribution in [3.05, 3.63) is 0 Å². The molecule has 0 saturated carbocycles. The van der Waals surface area contributed by atoms with Crippen molar-refractivity contribution in [1.29, 1.82) is 0 Å². The van der Waals surface area contributed by atoms with E-state index in [1.165, 1.54) is 6.42 Å². The van der Waals surface area contributed by atoms with Crippen LogP contribution in [0.15, 0.2) is 0 Å². The second kappa shape index (κ2) is 4.43. The van der Waals surface area contributed by atoms with Crippen LogP contribution in [0, 0.1) is 11.8 Å². The van der Waals surface area contributed by atoms with Gasteiger partial charge in [0.15, 0.2) is 0 Å². The summed E-state index contributed by atoms with van der Waals surface area (Å²) in [4.78, 5) is 2.42. The second-order valence-electron chi connectivity index (χ2n) is 4.86. The lowest BCUT2D eigenvalue weighted by atomic mass is 9.86. The average Bonchev–Trinajstić information content (AvgIpc) is 1.98. The van der Waals surface area contributed by atoms with E-state index in [4.69, 9.17) is 0 Å². The van der Waals surface area contributed by atoms with Crippen molar-refractivity contribution >= 4 is 0 Å². The number of β-amino-alcohol motifs (C(OH)–C–C–N with tert-alkyl or cyclic N) is 1. The Balaban J connectivity index is 2.50. The van der Waals surface area contributed by atoms with Gasteiger partial charge in [0, 0.05) is 19.1 Å². The summed E-state index contributed by atoms with van der Waals surface area (Å²) in [7, 11) is 0. The zero-order valence-electron chi connectivity index (χ0n) is 9.33. The molecule has 1 rings (SSSR count). The Morgan fingerprint density at radius 1 is 1.38 bits per heavy atom. The topological polar surface area (TPSA) is 23.5 Å². The Bertz CT molecular complexity index is 156. The van der Waals surface area contributed by atoms with Crippen LogP contribution in [0.1, 0.15) is 34.1 Å². The van der Waals surface area contributed by atoms with Crippen LogP contribution in [0.2, 0.25) is 0 Å². The molecule has 0 aromatic heterocycles. The van der Waals surface area contributed by atoms with Gasteiger partial charge in [-0.2, -0.15) is 0 Å². The van der Waals surface area contributed by atoms with Crippen molar-refractivity contribution in [2.75, 3.05) is 13.1 Å². The summed E-state index contributed by atoms with van der Waals surface area (Å²) >= 11 is 0. The first kappa shape index (κ1) is 11.0. The van der Waals surface area contributed by atoms with E-state index in [0.717, 1.165) is 24.9 Å². The lowest BCUT2D eigenvalue weighted by Crippen LogP contribution is -2.48. The van der Waals surface area contributed by atoms with Gasteiger partial charge in [0.1, 0.15) is 0 Å². The molecule has 0 aliphatic carbocycles. The molecule has 1 aliphatic rings. The molecule has 0 radical (unpaired) electrons. The van der Waals surface area contributed by atoms with Gasteiger partial charge >= 0.3 is 0 Å². The fourth-order valence-corrected chi connectivity index (χ4v) is 2.41. The molecule has 0 aromatic carbocycles.